The molecule has 0 atom stereocenters. The molecule has 0 aliphatic rings. The first kappa shape index (κ1) is 28.1. The number of nitrogens with zero attached hydrogens (tertiary/aromatic N) is 3. The Morgan fingerprint density at radius 1 is 0.976 bits per heavy atom. The van der Waals surface area contributed by atoms with Crippen LogP contribution >= 0.6 is 34.8 Å². The van der Waals surface area contributed by atoms with Crippen LogP contribution in [0.25, 0.3) is 10.9 Å². The van der Waals surface area contributed by atoms with Gasteiger partial charge in [-0.1, -0.05) is 77.3 Å². The number of nitrogens with one attached hydrogen (secondary N) is 1. The Morgan fingerprint density at radius 2 is 1.71 bits per heavy atom. The van der Waals surface area contributed by atoms with E-state index in [2.05, 4.69) is 10.3 Å². The number of Topliss-reactive ketones (excluding diaryl/α,β-unsaturated/α-hetero) is 1. The van der Waals surface area contributed by atoms with Crippen molar-refractivity contribution in [3.8, 4) is 5.75 Å². The van der Waals surface area contributed by atoms with Gasteiger partial charge < -0.3 is 14.6 Å². The van der Waals surface area contributed by atoms with Crippen LogP contribution < -0.4 is 10.1 Å². The minimum absolute atomic E-state index is 0.00734. The topological polar surface area (TPSA) is 116 Å². The molecule has 0 aliphatic heterocycles. The van der Waals surface area contributed by atoms with Crippen LogP contribution in [-0.2, 0) is 17.9 Å². The van der Waals surface area contributed by atoms with E-state index in [-0.39, 0.29) is 45.2 Å². The van der Waals surface area contributed by atoms with Gasteiger partial charge in [0.2, 0.25) is 0 Å². The highest BCUT2D eigenvalue weighted by molar-refractivity contribution is 6.50. The van der Waals surface area contributed by atoms with Crippen LogP contribution in [0.1, 0.15) is 21.5 Å². The maximum Gasteiger partial charge on any atom is 0.296 e. The molecule has 0 radical (unpaired) electrons. The van der Waals surface area contributed by atoms with Crippen molar-refractivity contribution in [3.05, 3.63) is 127 Å². The molecule has 12 heteroatoms. The predicted molar refractivity (Wildman–Crippen MR) is 157 cm³/mol. The summed E-state index contributed by atoms with van der Waals surface area (Å²) in [6.07, 6.45) is 4.04. The Kier molecular flexibility index (Phi) is 8.21. The van der Waals surface area contributed by atoms with Crippen molar-refractivity contribution in [2.24, 2.45) is 0 Å². The lowest BCUT2D eigenvalue weighted by atomic mass is 10.1. The van der Waals surface area contributed by atoms with Crippen LogP contribution in [0.2, 0.25) is 15.1 Å². The van der Waals surface area contributed by atoms with Crippen LogP contribution in [0.5, 0.6) is 5.75 Å². The van der Waals surface area contributed by atoms with Gasteiger partial charge >= 0.3 is 0 Å². The van der Waals surface area contributed by atoms with E-state index in [0.717, 1.165) is 5.56 Å². The standard InChI is InChI=1S/C29H19Cl3N4O5/c30-19-10-9-18(24(11-19)36(39)40)14-35-15-21(28(37)29(38)34-26-22(31)12-33-13-23(26)32)20-7-4-8-25(27(20)35)41-16-17-5-2-1-3-6-17/h1-13,15H,14,16H2,(H,33,34,38). The second kappa shape index (κ2) is 12.0. The molecule has 1 amide bonds. The molecule has 0 bridgehead atoms. The van der Waals surface area contributed by atoms with Crippen molar-refractivity contribution >= 4 is 68.8 Å². The molecule has 0 fully saturated rings. The predicted octanol–water partition coefficient (Wildman–Crippen LogP) is 7.35. The molecule has 0 saturated heterocycles. The molecule has 1 N–H and O–H groups in total. The lowest BCUT2D eigenvalue weighted by Gasteiger charge is -2.12. The fourth-order valence-electron chi connectivity index (χ4n) is 4.33. The van der Waals surface area contributed by atoms with Crippen LogP contribution in [0.4, 0.5) is 11.4 Å². The maximum atomic E-state index is 13.5. The number of para-hydroxylation sites is 1. The third-order valence-electron chi connectivity index (χ3n) is 6.23. The molecule has 206 valence electrons. The molecule has 5 aromatic rings. The number of pyridine rings is 1. The molecular formula is C29H19Cl3N4O5. The van der Waals surface area contributed by atoms with Gasteiger partial charge in [0.25, 0.3) is 17.4 Å². The van der Waals surface area contributed by atoms with Crippen molar-refractivity contribution < 1.29 is 19.2 Å². The summed E-state index contributed by atoms with van der Waals surface area (Å²) < 4.78 is 7.77. The zero-order valence-corrected chi connectivity index (χ0v) is 23.3. The highest BCUT2D eigenvalue weighted by Gasteiger charge is 2.26. The van der Waals surface area contributed by atoms with Crippen LogP contribution in [0.3, 0.4) is 0 Å². The Labute approximate surface area is 248 Å². The van der Waals surface area contributed by atoms with E-state index >= 15 is 0 Å². The third-order valence-corrected chi connectivity index (χ3v) is 7.03. The van der Waals surface area contributed by atoms with Crippen LogP contribution in [0.15, 0.2) is 85.3 Å². The molecule has 9 nitrogen and oxygen atoms in total. The van der Waals surface area contributed by atoms with Crippen molar-refractivity contribution in [2.45, 2.75) is 13.2 Å². The number of aromatic nitrogens is 2. The molecule has 2 aromatic heterocycles. The van der Waals surface area contributed by atoms with Crippen LogP contribution in [0, 0.1) is 10.1 Å². The lowest BCUT2D eigenvalue weighted by molar-refractivity contribution is -0.385. The normalized spacial score (nSPS) is 10.9. The first-order valence-corrected chi connectivity index (χ1v) is 13.2. The summed E-state index contributed by atoms with van der Waals surface area (Å²) in [5, 5.41) is 15.0. The van der Waals surface area contributed by atoms with Crippen molar-refractivity contribution in [1.82, 2.24) is 9.55 Å². The van der Waals surface area contributed by atoms with E-state index in [1.165, 1.54) is 24.7 Å². The molecule has 0 saturated carbocycles. The Hall–Kier alpha value is -4.44. The molecule has 2 heterocycles. The number of nitro groups is 1. The Morgan fingerprint density at radius 3 is 2.41 bits per heavy atom. The number of nitro benzene ring substituents is 1. The fraction of sp³-hybridized carbons (Fsp3) is 0.0690. The fourth-order valence-corrected chi connectivity index (χ4v) is 4.96. The lowest BCUT2D eigenvalue weighted by Crippen LogP contribution is -2.23. The average molecular weight is 610 g/mol. The Balaban J connectivity index is 1.58. The zero-order chi connectivity index (χ0) is 29.1. The smallest absolute Gasteiger partial charge is 0.296 e. The summed E-state index contributed by atoms with van der Waals surface area (Å²) in [5.74, 6) is -1.43. The number of carbonyl (C=O) groups is 2. The minimum atomic E-state index is -0.980. The highest BCUT2D eigenvalue weighted by Crippen LogP contribution is 2.34. The number of halogens is 3. The quantitative estimate of drug-likeness (QED) is 0.0808. The first-order valence-electron chi connectivity index (χ1n) is 12.1. The van der Waals surface area contributed by atoms with Gasteiger partial charge in [-0.05, 0) is 23.8 Å². The molecule has 0 aliphatic carbocycles. The summed E-state index contributed by atoms with van der Waals surface area (Å²) >= 11 is 18.2. The van der Waals surface area contributed by atoms with Gasteiger partial charge in [-0.25, -0.2) is 0 Å². The second-order valence-corrected chi connectivity index (χ2v) is 10.1. The SMILES string of the molecule is O=C(Nc1c(Cl)cncc1Cl)C(=O)c1cn(Cc2ccc(Cl)cc2[N+](=O)[O-])c2c(OCc3ccccc3)cccc12. The summed E-state index contributed by atoms with van der Waals surface area (Å²) in [6.45, 7) is 0.224. The zero-order valence-electron chi connectivity index (χ0n) is 21.0. The van der Waals surface area contributed by atoms with Gasteiger partial charge in [0.15, 0.2) is 0 Å². The number of anilines is 1. The monoisotopic (exact) mass is 608 g/mol. The average Bonchev–Trinajstić information content (AvgIpc) is 3.33. The highest BCUT2D eigenvalue weighted by atomic mass is 35.5. The van der Waals surface area contributed by atoms with Crippen LogP contribution in [-0.4, -0.2) is 26.2 Å². The molecule has 0 unspecified atom stereocenters. The minimum Gasteiger partial charge on any atom is -0.487 e. The van der Waals surface area contributed by atoms with Crippen molar-refractivity contribution in [2.75, 3.05) is 5.32 Å². The second-order valence-electron chi connectivity index (χ2n) is 8.89. The number of ketones is 1. The summed E-state index contributed by atoms with van der Waals surface area (Å²) in [5.41, 5.74) is 1.65. The van der Waals surface area contributed by atoms with Gasteiger partial charge in [-0.2, -0.15) is 0 Å². The molecule has 0 spiro atoms. The summed E-state index contributed by atoms with van der Waals surface area (Å²) in [6, 6.07) is 18.9. The first-order chi connectivity index (χ1) is 19.7. The van der Waals surface area contributed by atoms with E-state index in [9.17, 15) is 19.7 Å². The number of hydrogen-bond donors (Lipinski definition) is 1. The third kappa shape index (κ3) is 6.02. The number of fused-ring (bicyclic) bond motifs is 1. The van der Waals surface area contributed by atoms with Gasteiger partial charge in [0, 0.05) is 40.6 Å². The van der Waals surface area contributed by atoms with E-state index in [1.807, 2.05) is 30.3 Å². The van der Waals surface area contributed by atoms with Gasteiger partial charge in [0.05, 0.1) is 38.3 Å². The number of ether oxygens (including phenoxy) is 1. The molecule has 5 rings (SSSR count). The van der Waals surface area contributed by atoms with E-state index in [0.29, 0.717) is 22.2 Å². The van der Waals surface area contributed by atoms with E-state index in [4.69, 9.17) is 39.5 Å². The molecule has 3 aromatic carbocycles. The maximum absolute atomic E-state index is 13.5. The number of carbonyl (C=O) groups excluding carboxylic acids is 2. The Bertz CT molecular complexity index is 1790. The molecule has 41 heavy (non-hydrogen) atoms. The summed E-state index contributed by atoms with van der Waals surface area (Å²) in [4.78, 5) is 41.6. The molecular weight excluding hydrogens is 591 g/mol. The van der Waals surface area contributed by atoms with Gasteiger partial charge in [0.1, 0.15) is 12.4 Å². The van der Waals surface area contributed by atoms with E-state index in [1.54, 1.807) is 34.9 Å². The van der Waals surface area contributed by atoms with Gasteiger partial charge in [-0.15, -0.1) is 0 Å². The largest absolute Gasteiger partial charge is 0.487 e. The summed E-state index contributed by atoms with van der Waals surface area (Å²) in [7, 11) is 0. The van der Waals surface area contributed by atoms with E-state index < -0.39 is 16.6 Å². The van der Waals surface area contributed by atoms with Crippen molar-refractivity contribution in [3.63, 3.8) is 0 Å². The number of benzene rings is 3. The van der Waals surface area contributed by atoms with Gasteiger partial charge in [-0.3, -0.25) is 24.7 Å². The van der Waals surface area contributed by atoms with Crippen molar-refractivity contribution in [1.29, 1.82) is 0 Å². The number of hydrogen-bond acceptors (Lipinski definition) is 6. The number of amides is 1. The number of rotatable bonds is 9.